The molecule has 0 radical (unpaired) electrons. The minimum Gasteiger partial charge on any atom is -0.446 e. The topological polar surface area (TPSA) is 101 Å². The van der Waals surface area contributed by atoms with Crippen molar-refractivity contribution in [2.24, 2.45) is 10.7 Å². The number of rotatable bonds is 4. The second-order valence-corrected chi connectivity index (χ2v) is 7.40. The van der Waals surface area contributed by atoms with E-state index >= 15 is 0 Å². The molecule has 2 heterocycles. The van der Waals surface area contributed by atoms with Gasteiger partial charge in [-0.05, 0) is 42.5 Å². The first kappa shape index (κ1) is 16.2. The van der Waals surface area contributed by atoms with Crippen molar-refractivity contribution in [3.8, 4) is 0 Å². The highest BCUT2D eigenvalue weighted by atomic mass is 32.2. The van der Waals surface area contributed by atoms with E-state index in [1.54, 1.807) is 66.9 Å². The van der Waals surface area contributed by atoms with Gasteiger partial charge in [-0.25, -0.2) is 13.4 Å². The summed E-state index contributed by atoms with van der Waals surface area (Å²) in [5.74, 6) is 0.543. The Balaban J connectivity index is 1.58. The average Bonchev–Trinajstić information content (AvgIpc) is 3.13. The normalized spacial score (nSPS) is 13.8. The van der Waals surface area contributed by atoms with Crippen molar-refractivity contribution >= 4 is 27.2 Å². The van der Waals surface area contributed by atoms with Gasteiger partial charge in [0.2, 0.25) is 5.55 Å². The van der Waals surface area contributed by atoms with E-state index in [4.69, 9.17) is 10.2 Å². The van der Waals surface area contributed by atoms with Crippen LogP contribution in [0.1, 0.15) is 0 Å². The van der Waals surface area contributed by atoms with E-state index in [1.807, 2.05) is 4.90 Å². The van der Waals surface area contributed by atoms with Crippen LogP contribution in [0.4, 0.5) is 11.4 Å². The van der Waals surface area contributed by atoms with Crippen molar-refractivity contribution < 1.29 is 12.8 Å². The molecular formula is C18H16N4O3S. The fourth-order valence-electron chi connectivity index (χ4n) is 2.72. The third-order valence-corrected chi connectivity index (χ3v) is 5.45. The molecule has 0 spiro atoms. The zero-order valence-electron chi connectivity index (χ0n) is 13.7. The summed E-state index contributed by atoms with van der Waals surface area (Å²) in [6.07, 6.45) is 1.55. The molecule has 1 aromatic heterocycles. The molecule has 132 valence electrons. The predicted molar refractivity (Wildman–Crippen MR) is 98.1 cm³/mol. The highest BCUT2D eigenvalue weighted by Gasteiger charge is 2.16. The predicted octanol–water partition coefficient (Wildman–Crippen LogP) is 1.20. The van der Waals surface area contributed by atoms with Crippen LogP contribution in [0.15, 0.2) is 81.2 Å². The lowest BCUT2D eigenvalue weighted by molar-refractivity contribution is 0.500. The van der Waals surface area contributed by atoms with Crippen LogP contribution >= 0.6 is 0 Å². The van der Waals surface area contributed by atoms with Crippen LogP contribution in [0, 0.1) is 0 Å². The third-order valence-electron chi connectivity index (χ3n) is 4.05. The minimum absolute atomic E-state index is 0.212. The Labute approximate surface area is 150 Å². The van der Waals surface area contributed by atoms with Crippen molar-refractivity contribution in [2.75, 3.05) is 16.3 Å². The molecule has 1 aliphatic rings. The molecule has 8 heteroatoms. The molecule has 0 atom stereocenters. The van der Waals surface area contributed by atoms with Crippen LogP contribution in [-0.2, 0) is 10.0 Å². The molecule has 0 amide bonds. The smallest absolute Gasteiger partial charge is 0.261 e. The van der Waals surface area contributed by atoms with E-state index < -0.39 is 10.0 Å². The Morgan fingerprint density at radius 1 is 1.04 bits per heavy atom. The highest BCUT2D eigenvalue weighted by Crippen LogP contribution is 2.22. The summed E-state index contributed by atoms with van der Waals surface area (Å²) in [7, 11) is -3.62. The zero-order valence-corrected chi connectivity index (χ0v) is 14.5. The second-order valence-electron chi connectivity index (χ2n) is 5.72. The molecule has 0 fully saturated rings. The van der Waals surface area contributed by atoms with Crippen LogP contribution in [-0.4, -0.2) is 15.1 Å². The lowest BCUT2D eigenvalue weighted by Crippen LogP contribution is -2.42. The quantitative estimate of drug-likeness (QED) is 0.721. The minimum atomic E-state index is -3.62. The van der Waals surface area contributed by atoms with E-state index in [-0.39, 0.29) is 4.90 Å². The molecule has 0 saturated carbocycles. The van der Waals surface area contributed by atoms with E-state index in [0.29, 0.717) is 23.7 Å². The number of nitrogens with zero attached hydrogens (tertiary/aromatic N) is 2. The van der Waals surface area contributed by atoms with Gasteiger partial charge in [-0.2, -0.15) is 0 Å². The fourth-order valence-corrected chi connectivity index (χ4v) is 3.80. The number of furan rings is 1. The molecule has 1 aliphatic heterocycles. The Bertz CT molecular complexity index is 1150. The van der Waals surface area contributed by atoms with Gasteiger partial charge >= 0.3 is 0 Å². The number of sulfonamides is 1. The van der Waals surface area contributed by atoms with Gasteiger partial charge < -0.3 is 15.1 Å². The average molecular weight is 368 g/mol. The van der Waals surface area contributed by atoms with E-state index in [9.17, 15) is 8.42 Å². The van der Waals surface area contributed by atoms with Gasteiger partial charge in [-0.1, -0.05) is 18.2 Å². The molecule has 0 unspecified atom stereocenters. The first-order valence-corrected chi connectivity index (χ1v) is 9.36. The van der Waals surface area contributed by atoms with Crippen LogP contribution < -0.4 is 26.1 Å². The monoisotopic (exact) mass is 368 g/mol. The first-order valence-electron chi connectivity index (χ1n) is 7.88. The Morgan fingerprint density at radius 3 is 2.50 bits per heavy atom. The molecule has 7 nitrogen and oxygen atoms in total. The number of fused-ring (bicyclic) bond motifs is 1. The van der Waals surface area contributed by atoms with E-state index in [1.165, 1.54) is 0 Å². The summed E-state index contributed by atoms with van der Waals surface area (Å²) in [5, 5.41) is 0.741. The molecule has 0 bridgehead atoms. The number of hydrogen-bond donors (Lipinski definition) is 2. The van der Waals surface area contributed by atoms with Crippen LogP contribution in [0.2, 0.25) is 0 Å². The molecule has 2 aromatic carbocycles. The van der Waals surface area contributed by atoms with Crippen molar-refractivity contribution in [3.63, 3.8) is 0 Å². The SMILES string of the molecule is NC1=c2ccoc2=NCN1c1ccc(NS(=O)(=O)c2ccccc2)cc1. The largest absolute Gasteiger partial charge is 0.446 e. The Hall–Kier alpha value is -3.26. The van der Waals surface area contributed by atoms with Crippen LogP contribution in [0.25, 0.3) is 5.82 Å². The maximum absolute atomic E-state index is 12.4. The van der Waals surface area contributed by atoms with Crippen LogP contribution in [0.5, 0.6) is 0 Å². The van der Waals surface area contributed by atoms with E-state index in [0.717, 1.165) is 10.9 Å². The maximum Gasteiger partial charge on any atom is 0.261 e. The van der Waals surface area contributed by atoms with Gasteiger partial charge in [0.15, 0.2) is 0 Å². The number of nitrogens with two attached hydrogens (primary N) is 1. The van der Waals surface area contributed by atoms with Crippen molar-refractivity contribution in [2.45, 2.75) is 4.90 Å². The van der Waals surface area contributed by atoms with Gasteiger partial charge in [0.1, 0.15) is 12.5 Å². The second kappa shape index (κ2) is 6.23. The Kier molecular flexibility index (Phi) is 3.89. The highest BCUT2D eigenvalue weighted by molar-refractivity contribution is 7.92. The van der Waals surface area contributed by atoms with E-state index in [2.05, 4.69) is 9.71 Å². The van der Waals surface area contributed by atoms with Crippen LogP contribution in [0.3, 0.4) is 0 Å². The molecular weight excluding hydrogens is 352 g/mol. The van der Waals surface area contributed by atoms with Gasteiger partial charge in [-0.15, -0.1) is 0 Å². The molecule has 0 saturated heterocycles. The van der Waals surface area contributed by atoms with Gasteiger partial charge in [-0.3, -0.25) is 4.72 Å². The Morgan fingerprint density at radius 2 is 1.77 bits per heavy atom. The summed E-state index contributed by atoms with van der Waals surface area (Å²) in [6, 6.07) is 16.9. The molecule has 0 aliphatic carbocycles. The standard InChI is InChI=1S/C18H16N4O3S/c19-17-16-10-11-25-18(16)20-12-22(17)14-8-6-13(7-9-14)21-26(23,24)15-4-2-1-3-5-15/h1-11,21H,12,19H2. The number of hydrogen-bond acceptors (Lipinski definition) is 6. The summed E-state index contributed by atoms with van der Waals surface area (Å²) < 4.78 is 32.6. The molecule has 26 heavy (non-hydrogen) atoms. The number of anilines is 2. The van der Waals surface area contributed by atoms with Gasteiger partial charge in [0.25, 0.3) is 10.0 Å². The lowest BCUT2D eigenvalue weighted by atomic mass is 10.2. The van der Waals surface area contributed by atoms with Gasteiger partial charge in [0.05, 0.1) is 16.4 Å². The van der Waals surface area contributed by atoms with Crippen molar-refractivity contribution in [1.29, 1.82) is 0 Å². The zero-order chi connectivity index (χ0) is 18.1. The summed E-state index contributed by atoms with van der Waals surface area (Å²) in [5.41, 5.74) is 7.99. The number of benzene rings is 2. The number of nitrogens with one attached hydrogen (secondary N) is 1. The first-order chi connectivity index (χ1) is 12.5. The maximum atomic E-state index is 12.4. The molecule has 3 aromatic rings. The summed E-state index contributed by atoms with van der Waals surface area (Å²) in [6.45, 7) is 0.335. The fraction of sp³-hybridized carbons (Fsp3) is 0.0556. The lowest BCUT2D eigenvalue weighted by Gasteiger charge is -2.24. The van der Waals surface area contributed by atoms with Gasteiger partial charge in [0, 0.05) is 11.4 Å². The summed E-state index contributed by atoms with van der Waals surface area (Å²) in [4.78, 5) is 6.37. The third kappa shape index (κ3) is 2.91. The molecule has 3 N–H and O–H groups in total. The van der Waals surface area contributed by atoms with Crippen molar-refractivity contribution in [3.05, 3.63) is 77.7 Å². The molecule has 4 rings (SSSR count). The summed E-state index contributed by atoms with van der Waals surface area (Å²) >= 11 is 0. The van der Waals surface area contributed by atoms with Crippen molar-refractivity contribution in [1.82, 2.24) is 0 Å².